The lowest BCUT2D eigenvalue weighted by Crippen LogP contribution is -2.43. The average molecular weight is 347 g/mol. The van der Waals surface area contributed by atoms with Gasteiger partial charge < -0.3 is 13.9 Å². The molecular weight excluding hydrogens is 324 g/mol. The Hall–Kier alpha value is -0.683. The van der Waals surface area contributed by atoms with E-state index in [1.807, 2.05) is 12.1 Å². The van der Waals surface area contributed by atoms with Gasteiger partial charge in [-0.15, -0.1) is 0 Å². The summed E-state index contributed by atoms with van der Waals surface area (Å²) < 4.78 is 17.7. The number of ether oxygens (including phenoxy) is 2. The normalized spacial score (nSPS) is 12.2. The molecule has 0 aromatic heterocycles. The second-order valence-corrected chi connectivity index (χ2v) is 11.5. The summed E-state index contributed by atoms with van der Waals surface area (Å²) in [4.78, 5) is 0. The van der Waals surface area contributed by atoms with Crippen molar-refractivity contribution in [1.29, 1.82) is 0 Å². The van der Waals surface area contributed by atoms with Gasteiger partial charge in [0.05, 0.1) is 14.2 Å². The van der Waals surface area contributed by atoms with Gasteiger partial charge >= 0.3 is 0 Å². The maximum atomic E-state index is 6.26. The molecule has 19 heavy (non-hydrogen) atoms. The number of benzene rings is 1. The second kappa shape index (κ2) is 5.75. The van der Waals surface area contributed by atoms with Gasteiger partial charge in [0.1, 0.15) is 21.7 Å². The van der Waals surface area contributed by atoms with Crippen molar-refractivity contribution in [3.63, 3.8) is 0 Å². The van der Waals surface area contributed by atoms with Gasteiger partial charge in [-0.25, -0.2) is 0 Å². The first kappa shape index (κ1) is 16.4. The minimum absolute atomic E-state index is 0.153. The van der Waals surface area contributed by atoms with E-state index < -0.39 is 8.32 Å². The molecule has 0 heterocycles. The quantitative estimate of drug-likeness (QED) is 0.729. The number of rotatable bonds is 4. The lowest BCUT2D eigenvalue weighted by Gasteiger charge is -2.36. The molecule has 0 atom stereocenters. The first-order valence-corrected chi connectivity index (χ1v) is 9.93. The Morgan fingerprint density at radius 1 is 1.00 bits per heavy atom. The van der Waals surface area contributed by atoms with Gasteiger partial charge in [-0.2, -0.15) is 0 Å². The standard InChI is InChI=1S/C14H23BrO3Si/c1-14(2,3)19(6,7)18-10-8-11(16-4)13(15)12(9-10)17-5/h8-9H,1-7H3. The van der Waals surface area contributed by atoms with Gasteiger partial charge in [-0.3, -0.25) is 0 Å². The number of hydrogen-bond acceptors (Lipinski definition) is 3. The smallest absolute Gasteiger partial charge is 0.250 e. The maximum Gasteiger partial charge on any atom is 0.250 e. The van der Waals surface area contributed by atoms with Gasteiger partial charge in [0.2, 0.25) is 8.32 Å². The van der Waals surface area contributed by atoms with Crippen LogP contribution in [0.5, 0.6) is 17.2 Å². The van der Waals surface area contributed by atoms with Crippen LogP contribution in [0.25, 0.3) is 0 Å². The van der Waals surface area contributed by atoms with Crippen LogP contribution >= 0.6 is 15.9 Å². The molecule has 0 amide bonds. The van der Waals surface area contributed by atoms with Crippen LogP contribution in [-0.2, 0) is 0 Å². The first-order chi connectivity index (χ1) is 8.62. The molecule has 1 aromatic carbocycles. The summed E-state index contributed by atoms with van der Waals surface area (Å²) in [6.45, 7) is 11.1. The molecule has 108 valence electrons. The highest BCUT2D eigenvalue weighted by molar-refractivity contribution is 9.10. The number of hydrogen-bond donors (Lipinski definition) is 0. The lowest BCUT2D eigenvalue weighted by molar-refractivity contribution is 0.384. The second-order valence-electron chi connectivity index (χ2n) is 6.00. The molecule has 3 nitrogen and oxygen atoms in total. The van der Waals surface area contributed by atoms with Crippen molar-refractivity contribution in [3.8, 4) is 17.2 Å². The Morgan fingerprint density at radius 3 is 1.74 bits per heavy atom. The Kier molecular flexibility index (Phi) is 4.95. The van der Waals surface area contributed by atoms with E-state index in [4.69, 9.17) is 13.9 Å². The van der Waals surface area contributed by atoms with Crippen molar-refractivity contribution in [1.82, 2.24) is 0 Å². The molecular formula is C14H23BrO3Si. The van der Waals surface area contributed by atoms with E-state index in [0.717, 1.165) is 10.2 Å². The fourth-order valence-corrected chi connectivity index (χ4v) is 2.92. The molecule has 5 heteroatoms. The van der Waals surface area contributed by atoms with Crippen LogP contribution < -0.4 is 13.9 Å². The van der Waals surface area contributed by atoms with Crippen molar-refractivity contribution < 1.29 is 13.9 Å². The molecule has 0 N–H and O–H groups in total. The summed E-state index contributed by atoms with van der Waals surface area (Å²) >= 11 is 3.46. The van der Waals surface area contributed by atoms with E-state index >= 15 is 0 Å². The summed E-state index contributed by atoms with van der Waals surface area (Å²) in [5.41, 5.74) is 0. The maximum absolute atomic E-state index is 6.26. The molecule has 0 aliphatic heterocycles. The molecule has 0 radical (unpaired) electrons. The third kappa shape index (κ3) is 3.66. The molecule has 0 saturated heterocycles. The van der Waals surface area contributed by atoms with Crippen molar-refractivity contribution in [2.75, 3.05) is 14.2 Å². The fraction of sp³-hybridized carbons (Fsp3) is 0.571. The third-order valence-electron chi connectivity index (χ3n) is 3.60. The highest BCUT2D eigenvalue weighted by atomic mass is 79.9. The molecule has 0 aliphatic carbocycles. The minimum Gasteiger partial charge on any atom is -0.543 e. The molecule has 0 unspecified atom stereocenters. The summed E-state index contributed by atoms with van der Waals surface area (Å²) in [7, 11) is 1.41. The zero-order valence-electron chi connectivity index (χ0n) is 12.8. The van der Waals surface area contributed by atoms with Gasteiger partial charge in [-0.1, -0.05) is 20.8 Å². The molecule has 0 bridgehead atoms. The van der Waals surface area contributed by atoms with Gasteiger partial charge in [-0.05, 0) is 34.1 Å². The van der Waals surface area contributed by atoms with Crippen LogP contribution in [0.3, 0.4) is 0 Å². The molecule has 0 spiro atoms. The molecule has 1 aromatic rings. The molecule has 0 aliphatic rings. The predicted molar refractivity (Wildman–Crippen MR) is 85.1 cm³/mol. The Labute approximate surface area is 125 Å². The van der Waals surface area contributed by atoms with E-state index in [9.17, 15) is 0 Å². The van der Waals surface area contributed by atoms with Crippen molar-refractivity contribution in [2.24, 2.45) is 0 Å². The molecule has 1 rings (SSSR count). The SMILES string of the molecule is COc1cc(O[Si](C)(C)C(C)(C)C)cc(OC)c1Br. The summed E-state index contributed by atoms with van der Waals surface area (Å²) in [6, 6.07) is 3.79. The van der Waals surface area contributed by atoms with Crippen LogP contribution in [-0.4, -0.2) is 22.5 Å². The lowest BCUT2D eigenvalue weighted by atomic mass is 10.2. The number of methoxy groups -OCH3 is 2. The highest BCUT2D eigenvalue weighted by Gasteiger charge is 2.39. The zero-order chi connectivity index (χ0) is 14.8. The van der Waals surface area contributed by atoms with E-state index in [2.05, 4.69) is 49.8 Å². The summed E-state index contributed by atoms with van der Waals surface area (Å²) in [5.74, 6) is 2.23. The van der Waals surface area contributed by atoms with Crippen LogP contribution in [0.1, 0.15) is 20.8 Å². The Bertz CT molecular complexity index is 427. The Morgan fingerprint density at radius 2 is 1.42 bits per heavy atom. The average Bonchev–Trinajstić information content (AvgIpc) is 2.29. The Balaban J connectivity index is 3.16. The van der Waals surface area contributed by atoms with Crippen LogP contribution in [0.2, 0.25) is 18.1 Å². The monoisotopic (exact) mass is 346 g/mol. The molecule has 0 saturated carbocycles. The van der Waals surface area contributed by atoms with Gasteiger partial charge in [0, 0.05) is 12.1 Å². The van der Waals surface area contributed by atoms with E-state index in [1.165, 1.54) is 0 Å². The minimum atomic E-state index is -1.86. The van der Waals surface area contributed by atoms with Crippen molar-refractivity contribution in [3.05, 3.63) is 16.6 Å². The predicted octanol–water partition coefficient (Wildman–Crippen LogP) is 4.85. The fourth-order valence-electron chi connectivity index (χ4n) is 1.35. The van der Waals surface area contributed by atoms with Crippen LogP contribution in [0.15, 0.2) is 16.6 Å². The van der Waals surface area contributed by atoms with Gasteiger partial charge in [0.15, 0.2) is 0 Å². The summed E-state index contributed by atoms with van der Waals surface area (Å²) in [5, 5.41) is 0.153. The highest BCUT2D eigenvalue weighted by Crippen LogP contribution is 2.42. The van der Waals surface area contributed by atoms with Crippen LogP contribution in [0.4, 0.5) is 0 Å². The van der Waals surface area contributed by atoms with E-state index in [1.54, 1.807) is 14.2 Å². The summed E-state index contributed by atoms with van der Waals surface area (Å²) in [6.07, 6.45) is 0. The zero-order valence-corrected chi connectivity index (χ0v) is 15.3. The van der Waals surface area contributed by atoms with Crippen LogP contribution in [0, 0.1) is 0 Å². The van der Waals surface area contributed by atoms with Gasteiger partial charge in [0.25, 0.3) is 0 Å². The van der Waals surface area contributed by atoms with E-state index in [0.29, 0.717) is 11.5 Å². The number of halogens is 1. The largest absolute Gasteiger partial charge is 0.543 e. The van der Waals surface area contributed by atoms with E-state index in [-0.39, 0.29) is 5.04 Å². The topological polar surface area (TPSA) is 27.7 Å². The molecule has 0 fully saturated rings. The third-order valence-corrected chi connectivity index (χ3v) is 8.74. The van der Waals surface area contributed by atoms with Crippen molar-refractivity contribution >= 4 is 24.2 Å². The van der Waals surface area contributed by atoms with Crippen molar-refractivity contribution in [2.45, 2.75) is 38.9 Å². The first-order valence-electron chi connectivity index (χ1n) is 6.23.